The van der Waals surface area contributed by atoms with Crippen molar-refractivity contribution in [3.8, 4) is 0 Å². The molecule has 130 valence electrons. The Morgan fingerprint density at radius 3 is 2.60 bits per heavy atom. The first kappa shape index (κ1) is 16.9. The van der Waals surface area contributed by atoms with Crippen LogP contribution < -0.4 is 10.5 Å². The number of anilines is 1. The molecular formula is C18H16Cl2N2O2S. The maximum atomic E-state index is 11.7. The zero-order valence-electron chi connectivity index (χ0n) is 13.1. The minimum atomic E-state index is -3.73. The largest absolute Gasteiger partial charge is 0.378 e. The van der Waals surface area contributed by atoms with Crippen molar-refractivity contribution >= 4 is 38.9 Å². The molecule has 0 saturated carbocycles. The molecule has 0 saturated heterocycles. The van der Waals surface area contributed by atoms with Gasteiger partial charge in [-0.1, -0.05) is 41.4 Å². The molecule has 0 spiro atoms. The van der Waals surface area contributed by atoms with Crippen molar-refractivity contribution in [2.24, 2.45) is 11.1 Å². The van der Waals surface area contributed by atoms with Gasteiger partial charge in [-0.3, -0.25) is 0 Å². The highest BCUT2D eigenvalue weighted by atomic mass is 35.5. The van der Waals surface area contributed by atoms with E-state index >= 15 is 0 Å². The molecule has 1 aliphatic carbocycles. The molecule has 1 heterocycles. The number of hydrogen-bond acceptors (Lipinski definition) is 3. The molecule has 2 aliphatic rings. The number of fused-ring (bicyclic) bond motifs is 3. The van der Waals surface area contributed by atoms with Crippen LogP contribution in [0.4, 0.5) is 5.69 Å². The number of rotatable bonds is 2. The molecule has 2 aromatic rings. The molecule has 3 N–H and O–H groups in total. The molecule has 2 aromatic carbocycles. The first-order chi connectivity index (χ1) is 11.8. The van der Waals surface area contributed by atoms with Gasteiger partial charge in [0.1, 0.15) is 0 Å². The minimum absolute atomic E-state index is 0.0256. The smallest absolute Gasteiger partial charge is 0.238 e. The van der Waals surface area contributed by atoms with Crippen molar-refractivity contribution in [3.63, 3.8) is 0 Å². The second kappa shape index (κ2) is 6.02. The molecule has 1 aliphatic heterocycles. The predicted octanol–water partition coefficient (Wildman–Crippen LogP) is 4.47. The Labute approximate surface area is 156 Å². The molecule has 0 bridgehead atoms. The molecule has 4 rings (SSSR count). The van der Waals surface area contributed by atoms with E-state index < -0.39 is 10.0 Å². The molecule has 0 unspecified atom stereocenters. The van der Waals surface area contributed by atoms with Crippen LogP contribution in [0.1, 0.15) is 29.5 Å². The Bertz CT molecular complexity index is 989. The second-order valence-corrected chi connectivity index (χ2v) is 8.84. The molecule has 25 heavy (non-hydrogen) atoms. The molecular weight excluding hydrogens is 379 g/mol. The quantitative estimate of drug-likeness (QED) is 0.738. The van der Waals surface area contributed by atoms with Gasteiger partial charge < -0.3 is 5.32 Å². The number of allylic oxidation sites excluding steroid dienone is 2. The monoisotopic (exact) mass is 394 g/mol. The van der Waals surface area contributed by atoms with Crippen LogP contribution in [0.25, 0.3) is 0 Å². The van der Waals surface area contributed by atoms with Gasteiger partial charge in [0.2, 0.25) is 10.0 Å². The fourth-order valence-corrected chi connectivity index (χ4v) is 4.89. The Morgan fingerprint density at radius 1 is 1.08 bits per heavy atom. The van der Waals surface area contributed by atoms with Crippen molar-refractivity contribution in [3.05, 3.63) is 69.7 Å². The zero-order chi connectivity index (χ0) is 17.8. The van der Waals surface area contributed by atoms with Gasteiger partial charge in [0.05, 0.1) is 10.9 Å². The topological polar surface area (TPSA) is 72.2 Å². The lowest BCUT2D eigenvalue weighted by Crippen LogP contribution is -2.29. The molecule has 0 fully saturated rings. The number of nitrogens with one attached hydrogen (secondary N) is 1. The van der Waals surface area contributed by atoms with Crippen molar-refractivity contribution in [2.45, 2.75) is 23.3 Å². The highest BCUT2D eigenvalue weighted by Gasteiger charge is 2.39. The summed E-state index contributed by atoms with van der Waals surface area (Å²) in [6, 6.07) is 10.5. The fourth-order valence-electron chi connectivity index (χ4n) is 3.81. The molecule has 0 amide bonds. The second-order valence-electron chi connectivity index (χ2n) is 6.44. The third kappa shape index (κ3) is 2.95. The van der Waals surface area contributed by atoms with Gasteiger partial charge in [-0.25, -0.2) is 13.6 Å². The summed E-state index contributed by atoms with van der Waals surface area (Å²) in [5.41, 5.74) is 2.84. The summed E-state index contributed by atoms with van der Waals surface area (Å²) >= 11 is 12.4. The van der Waals surface area contributed by atoms with Gasteiger partial charge in [0, 0.05) is 21.7 Å². The molecule has 3 atom stereocenters. The van der Waals surface area contributed by atoms with Crippen LogP contribution in [0, 0.1) is 5.92 Å². The Hall–Kier alpha value is -1.53. The van der Waals surface area contributed by atoms with Crippen molar-refractivity contribution in [1.29, 1.82) is 0 Å². The number of hydrogen-bond donors (Lipinski definition) is 2. The Morgan fingerprint density at radius 2 is 1.88 bits per heavy atom. The summed E-state index contributed by atoms with van der Waals surface area (Å²) < 4.78 is 23.4. The number of primary sulfonamides is 1. The Kier molecular flexibility index (Phi) is 4.07. The highest BCUT2D eigenvalue weighted by molar-refractivity contribution is 7.89. The lowest BCUT2D eigenvalue weighted by molar-refractivity contribution is 0.425. The van der Waals surface area contributed by atoms with Gasteiger partial charge >= 0.3 is 0 Å². The first-order valence-corrected chi connectivity index (χ1v) is 10.2. The number of benzene rings is 2. The average molecular weight is 395 g/mol. The maximum Gasteiger partial charge on any atom is 0.238 e. The van der Waals surface area contributed by atoms with E-state index in [1.807, 2.05) is 12.1 Å². The minimum Gasteiger partial charge on any atom is -0.378 e. The van der Waals surface area contributed by atoms with Gasteiger partial charge in [-0.15, -0.1) is 0 Å². The number of halogens is 2. The molecule has 0 radical (unpaired) electrons. The lowest BCUT2D eigenvalue weighted by Gasteiger charge is -2.38. The fraction of sp³-hybridized carbons (Fsp3) is 0.222. The van der Waals surface area contributed by atoms with Crippen LogP contribution in [-0.4, -0.2) is 8.42 Å². The van der Waals surface area contributed by atoms with Crippen LogP contribution in [0.15, 0.2) is 53.4 Å². The van der Waals surface area contributed by atoms with Crippen molar-refractivity contribution in [2.75, 3.05) is 5.32 Å². The van der Waals surface area contributed by atoms with E-state index in [9.17, 15) is 8.42 Å². The predicted molar refractivity (Wildman–Crippen MR) is 101 cm³/mol. The van der Waals surface area contributed by atoms with E-state index in [0.29, 0.717) is 10.0 Å². The van der Waals surface area contributed by atoms with E-state index in [2.05, 4.69) is 17.5 Å². The van der Waals surface area contributed by atoms with E-state index in [-0.39, 0.29) is 22.8 Å². The normalized spacial score (nSPS) is 24.5. The van der Waals surface area contributed by atoms with Crippen LogP contribution in [0.2, 0.25) is 10.0 Å². The average Bonchev–Trinajstić information content (AvgIpc) is 3.03. The van der Waals surface area contributed by atoms with Crippen LogP contribution >= 0.6 is 23.2 Å². The summed E-state index contributed by atoms with van der Waals surface area (Å²) in [5.74, 6) is 0.372. The van der Waals surface area contributed by atoms with Crippen molar-refractivity contribution in [1.82, 2.24) is 0 Å². The van der Waals surface area contributed by atoms with E-state index in [1.54, 1.807) is 18.2 Å². The van der Waals surface area contributed by atoms with Crippen LogP contribution in [0.5, 0.6) is 0 Å². The van der Waals surface area contributed by atoms with E-state index in [0.717, 1.165) is 23.2 Å². The molecule has 7 heteroatoms. The third-order valence-electron chi connectivity index (χ3n) is 4.96. The summed E-state index contributed by atoms with van der Waals surface area (Å²) in [6.07, 6.45) is 5.15. The summed E-state index contributed by atoms with van der Waals surface area (Å²) in [7, 11) is -3.73. The number of nitrogens with two attached hydrogens (primary N) is 1. The summed E-state index contributed by atoms with van der Waals surface area (Å²) in [6.45, 7) is 0. The van der Waals surface area contributed by atoms with Gasteiger partial charge in [0.15, 0.2) is 0 Å². The summed E-state index contributed by atoms with van der Waals surface area (Å²) in [5, 5.41) is 10.0. The molecule has 0 aromatic heterocycles. The zero-order valence-corrected chi connectivity index (χ0v) is 15.4. The van der Waals surface area contributed by atoms with Gasteiger partial charge in [-0.2, -0.15) is 0 Å². The lowest BCUT2D eigenvalue weighted by atomic mass is 9.77. The van der Waals surface area contributed by atoms with Crippen LogP contribution in [0.3, 0.4) is 0 Å². The van der Waals surface area contributed by atoms with Gasteiger partial charge in [0.25, 0.3) is 0 Å². The first-order valence-electron chi connectivity index (χ1n) is 7.89. The van der Waals surface area contributed by atoms with Gasteiger partial charge in [-0.05, 0) is 53.8 Å². The van der Waals surface area contributed by atoms with Crippen LogP contribution in [-0.2, 0) is 10.0 Å². The third-order valence-corrected chi connectivity index (χ3v) is 6.43. The highest BCUT2D eigenvalue weighted by Crippen LogP contribution is 2.51. The maximum absolute atomic E-state index is 11.7. The summed E-state index contributed by atoms with van der Waals surface area (Å²) in [4.78, 5) is 0.134. The molecule has 4 nitrogen and oxygen atoms in total. The van der Waals surface area contributed by atoms with E-state index in [1.165, 1.54) is 6.07 Å². The Balaban J connectivity index is 1.81. The number of sulfonamides is 1. The standard InChI is InChI=1S/C18H16Cl2N2O2S/c19-10-4-6-14(16(20)8-10)18-13-3-1-2-12(13)15-9-11(25(21,23)24)5-7-17(15)22-18/h1-2,4-9,12-13,18,22H,3H2,(H2,21,23,24)/t12-,13+,18+/m0/s1. The SMILES string of the molecule is NS(=O)(=O)c1ccc2c(c1)[C@H]1C=CC[C@H]1[C@H](c1ccc(Cl)cc1Cl)N2. The van der Waals surface area contributed by atoms with Crippen molar-refractivity contribution < 1.29 is 8.42 Å². The van der Waals surface area contributed by atoms with E-state index in [4.69, 9.17) is 28.3 Å².